The maximum absolute atomic E-state index is 4.58. The summed E-state index contributed by atoms with van der Waals surface area (Å²) >= 11 is 1.64. The van der Waals surface area contributed by atoms with Crippen LogP contribution in [0, 0.1) is 0 Å². The molecular weight excluding hydrogens is 284 g/mol. The zero-order valence-corrected chi connectivity index (χ0v) is 12.6. The molecule has 0 bridgehead atoms. The van der Waals surface area contributed by atoms with E-state index in [4.69, 9.17) is 0 Å². The highest BCUT2D eigenvalue weighted by molar-refractivity contribution is 7.16. The molecule has 6 nitrogen and oxygen atoms in total. The Kier molecular flexibility index (Phi) is 3.07. The van der Waals surface area contributed by atoms with Gasteiger partial charge in [0.15, 0.2) is 5.82 Å². The second-order valence-electron chi connectivity index (χ2n) is 5.25. The van der Waals surface area contributed by atoms with Gasteiger partial charge < -0.3 is 5.32 Å². The molecule has 0 amide bonds. The van der Waals surface area contributed by atoms with Crippen molar-refractivity contribution < 1.29 is 0 Å². The largest absolute Gasteiger partial charge is 0.362 e. The fourth-order valence-corrected chi connectivity index (χ4v) is 3.06. The smallest absolute Gasteiger partial charge is 0.153 e. The lowest BCUT2D eigenvalue weighted by Gasteiger charge is -2.06. The second kappa shape index (κ2) is 5.07. The minimum atomic E-state index is 0.573. The summed E-state index contributed by atoms with van der Waals surface area (Å²) in [7, 11) is 0. The normalized spacial score (nSPS) is 14.7. The van der Waals surface area contributed by atoms with Crippen LogP contribution < -0.4 is 5.32 Å². The first-order valence-corrected chi connectivity index (χ1v) is 8.10. The number of aromatic nitrogens is 5. The lowest BCUT2D eigenvalue weighted by atomic mass is 10.3. The van der Waals surface area contributed by atoms with Gasteiger partial charge in [-0.2, -0.15) is 5.10 Å². The first-order valence-electron chi connectivity index (χ1n) is 7.22. The van der Waals surface area contributed by atoms with Crippen LogP contribution >= 0.6 is 11.3 Å². The SMILES string of the molecule is CCc1nc(NCc2nc(C3CC3)n[nH]2)c2ccsc2n1. The number of fused-ring (bicyclic) bond motifs is 1. The third-order valence-corrected chi connectivity index (χ3v) is 4.41. The van der Waals surface area contributed by atoms with Gasteiger partial charge in [0.1, 0.15) is 22.3 Å². The number of aromatic amines is 1. The van der Waals surface area contributed by atoms with Crippen molar-refractivity contribution in [3.8, 4) is 0 Å². The van der Waals surface area contributed by atoms with Crippen molar-refractivity contribution in [1.82, 2.24) is 25.1 Å². The van der Waals surface area contributed by atoms with Gasteiger partial charge in [-0.3, -0.25) is 5.10 Å². The van der Waals surface area contributed by atoms with Crippen LogP contribution in [0.25, 0.3) is 10.2 Å². The first-order chi connectivity index (χ1) is 10.3. The van der Waals surface area contributed by atoms with Crippen molar-refractivity contribution >= 4 is 27.4 Å². The third kappa shape index (κ3) is 2.49. The Hall–Kier alpha value is -2.02. The zero-order valence-electron chi connectivity index (χ0n) is 11.8. The summed E-state index contributed by atoms with van der Waals surface area (Å²) in [5, 5.41) is 13.7. The van der Waals surface area contributed by atoms with E-state index >= 15 is 0 Å². The average Bonchev–Trinajstić information content (AvgIpc) is 3.07. The summed E-state index contributed by atoms with van der Waals surface area (Å²) in [6.45, 7) is 2.67. The molecule has 0 aliphatic heterocycles. The van der Waals surface area contributed by atoms with Crippen molar-refractivity contribution in [2.24, 2.45) is 0 Å². The molecule has 1 aliphatic rings. The van der Waals surface area contributed by atoms with Crippen LogP contribution in [0.4, 0.5) is 5.82 Å². The topological polar surface area (TPSA) is 79.4 Å². The monoisotopic (exact) mass is 300 g/mol. The van der Waals surface area contributed by atoms with Gasteiger partial charge in [-0.05, 0) is 24.3 Å². The maximum Gasteiger partial charge on any atom is 0.153 e. The number of hydrogen-bond acceptors (Lipinski definition) is 6. The van der Waals surface area contributed by atoms with E-state index in [0.717, 1.165) is 39.9 Å². The number of thiophene rings is 1. The van der Waals surface area contributed by atoms with Crippen LogP contribution in [0.5, 0.6) is 0 Å². The van der Waals surface area contributed by atoms with E-state index in [1.54, 1.807) is 11.3 Å². The summed E-state index contributed by atoms with van der Waals surface area (Å²) < 4.78 is 0. The molecule has 1 aliphatic carbocycles. The number of hydrogen-bond donors (Lipinski definition) is 2. The Balaban J connectivity index is 1.56. The fourth-order valence-electron chi connectivity index (χ4n) is 2.27. The number of nitrogens with one attached hydrogen (secondary N) is 2. The third-order valence-electron chi connectivity index (χ3n) is 3.60. The van der Waals surface area contributed by atoms with Crippen LogP contribution in [0.3, 0.4) is 0 Å². The number of aryl methyl sites for hydroxylation is 1. The Morgan fingerprint density at radius 2 is 2.24 bits per heavy atom. The molecule has 108 valence electrons. The fraction of sp³-hybridized carbons (Fsp3) is 0.429. The molecule has 0 radical (unpaired) electrons. The zero-order chi connectivity index (χ0) is 14.2. The van der Waals surface area contributed by atoms with E-state index < -0.39 is 0 Å². The van der Waals surface area contributed by atoms with Gasteiger partial charge in [0, 0.05) is 12.3 Å². The molecule has 3 aromatic rings. The molecule has 3 aromatic heterocycles. The van der Waals surface area contributed by atoms with Gasteiger partial charge in [-0.1, -0.05) is 6.92 Å². The standard InChI is InChI=1S/C14H16N6S/c1-2-10-16-13(9-5-6-21-14(9)18-10)15-7-11-17-12(20-19-11)8-3-4-8/h5-6,8H,2-4,7H2,1H3,(H,15,16,18)(H,17,19,20). The minimum Gasteiger partial charge on any atom is -0.362 e. The van der Waals surface area contributed by atoms with Gasteiger partial charge in [0.2, 0.25) is 0 Å². The van der Waals surface area contributed by atoms with Crippen molar-refractivity contribution in [1.29, 1.82) is 0 Å². The predicted octanol–water partition coefficient (Wildman–Crippen LogP) is 2.86. The summed E-state index contributed by atoms with van der Waals surface area (Å²) in [5.41, 5.74) is 0. The number of nitrogens with zero attached hydrogens (tertiary/aromatic N) is 4. The van der Waals surface area contributed by atoms with Gasteiger partial charge in [-0.15, -0.1) is 11.3 Å². The molecule has 1 fully saturated rings. The van der Waals surface area contributed by atoms with E-state index in [0.29, 0.717) is 12.5 Å². The Morgan fingerprint density at radius 3 is 3.05 bits per heavy atom. The molecule has 0 saturated heterocycles. The Labute approximate surface area is 126 Å². The van der Waals surface area contributed by atoms with E-state index in [2.05, 4.69) is 43.5 Å². The van der Waals surface area contributed by atoms with Gasteiger partial charge in [0.25, 0.3) is 0 Å². The number of H-pyrrole nitrogens is 1. The number of anilines is 1. The molecule has 7 heteroatoms. The molecule has 4 rings (SSSR count). The molecule has 3 heterocycles. The second-order valence-corrected chi connectivity index (χ2v) is 6.14. The van der Waals surface area contributed by atoms with E-state index in [1.807, 2.05) is 5.38 Å². The van der Waals surface area contributed by atoms with Crippen LogP contribution in [0.1, 0.15) is 43.2 Å². The van der Waals surface area contributed by atoms with Gasteiger partial charge in [0.05, 0.1) is 11.9 Å². The van der Waals surface area contributed by atoms with Crippen molar-refractivity contribution in [2.45, 2.75) is 38.6 Å². The Bertz CT molecular complexity index is 773. The first kappa shape index (κ1) is 12.7. The van der Waals surface area contributed by atoms with Gasteiger partial charge in [-0.25, -0.2) is 15.0 Å². The Morgan fingerprint density at radius 1 is 1.33 bits per heavy atom. The van der Waals surface area contributed by atoms with E-state index in [-0.39, 0.29) is 0 Å². The molecule has 2 N–H and O–H groups in total. The quantitative estimate of drug-likeness (QED) is 0.757. The molecule has 1 saturated carbocycles. The minimum absolute atomic E-state index is 0.573. The number of rotatable bonds is 5. The molecular formula is C14H16N6S. The van der Waals surface area contributed by atoms with Crippen LogP contribution in [0.15, 0.2) is 11.4 Å². The average molecular weight is 300 g/mol. The summed E-state index contributed by atoms with van der Waals surface area (Å²) in [4.78, 5) is 14.7. The molecule has 0 aromatic carbocycles. The van der Waals surface area contributed by atoms with Crippen molar-refractivity contribution in [3.63, 3.8) is 0 Å². The van der Waals surface area contributed by atoms with E-state index in [1.165, 1.54) is 12.8 Å². The lowest BCUT2D eigenvalue weighted by Crippen LogP contribution is -2.05. The highest BCUT2D eigenvalue weighted by Crippen LogP contribution is 2.37. The van der Waals surface area contributed by atoms with Crippen molar-refractivity contribution in [2.75, 3.05) is 5.32 Å². The predicted molar refractivity (Wildman–Crippen MR) is 82.5 cm³/mol. The molecule has 0 atom stereocenters. The summed E-state index contributed by atoms with van der Waals surface area (Å²) in [5.74, 6) is 4.12. The summed E-state index contributed by atoms with van der Waals surface area (Å²) in [6, 6.07) is 2.05. The maximum atomic E-state index is 4.58. The molecule has 21 heavy (non-hydrogen) atoms. The van der Waals surface area contributed by atoms with Gasteiger partial charge >= 0.3 is 0 Å². The van der Waals surface area contributed by atoms with Crippen molar-refractivity contribution in [3.05, 3.63) is 28.9 Å². The van der Waals surface area contributed by atoms with Crippen LogP contribution in [0.2, 0.25) is 0 Å². The molecule has 0 unspecified atom stereocenters. The van der Waals surface area contributed by atoms with E-state index in [9.17, 15) is 0 Å². The highest BCUT2D eigenvalue weighted by atomic mass is 32.1. The summed E-state index contributed by atoms with van der Waals surface area (Å²) in [6.07, 6.45) is 3.26. The highest BCUT2D eigenvalue weighted by Gasteiger charge is 2.27. The lowest BCUT2D eigenvalue weighted by molar-refractivity contribution is 0.923. The van der Waals surface area contributed by atoms with Crippen LogP contribution in [-0.4, -0.2) is 25.1 Å². The molecule has 0 spiro atoms. The van der Waals surface area contributed by atoms with Crippen LogP contribution in [-0.2, 0) is 13.0 Å².